The minimum atomic E-state index is -1.10. The van der Waals surface area contributed by atoms with Crippen molar-refractivity contribution in [2.75, 3.05) is 27.2 Å². The first-order valence-electron chi connectivity index (χ1n) is 19.6. The molecule has 14 nitrogen and oxygen atoms in total. The lowest BCUT2D eigenvalue weighted by Gasteiger charge is -2.38. The van der Waals surface area contributed by atoms with Crippen LogP contribution in [-0.2, 0) is 28.8 Å². The van der Waals surface area contributed by atoms with Crippen LogP contribution in [0.2, 0.25) is 0 Å². The normalized spacial score (nSPS) is 20.0. The zero-order valence-electron chi connectivity index (χ0n) is 32.9. The van der Waals surface area contributed by atoms with Gasteiger partial charge in [-0.15, -0.1) is 0 Å². The molecular weight excluding hydrogens is 690 g/mol. The van der Waals surface area contributed by atoms with E-state index in [1.54, 1.807) is 44.4 Å². The van der Waals surface area contributed by atoms with Crippen LogP contribution < -0.4 is 26.6 Å². The van der Waals surface area contributed by atoms with Crippen molar-refractivity contribution in [1.29, 1.82) is 0 Å². The Morgan fingerprint density at radius 2 is 1.54 bits per heavy atom. The molecule has 4 rings (SSSR count). The van der Waals surface area contributed by atoms with Gasteiger partial charge in [0.1, 0.15) is 18.1 Å². The molecular formula is C40H61N7O7. The van der Waals surface area contributed by atoms with Gasteiger partial charge < -0.3 is 36.4 Å². The van der Waals surface area contributed by atoms with Gasteiger partial charge in [0.2, 0.25) is 29.4 Å². The van der Waals surface area contributed by atoms with Crippen molar-refractivity contribution in [3.05, 3.63) is 35.9 Å². The summed E-state index contributed by atoms with van der Waals surface area (Å²) in [5.74, 6) is -3.27. The molecule has 1 aromatic carbocycles. The number of nitrogens with zero attached hydrogens (tertiary/aromatic N) is 2. The summed E-state index contributed by atoms with van der Waals surface area (Å²) in [5, 5.41) is 14.0. The smallest absolute Gasteiger partial charge is 0.315 e. The van der Waals surface area contributed by atoms with Crippen molar-refractivity contribution in [2.24, 2.45) is 11.3 Å². The molecule has 14 heteroatoms. The molecule has 0 radical (unpaired) electrons. The molecule has 2 aliphatic carbocycles. The van der Waals surface area contributed by atoms with E-state index < -0.39 is 59.1 Å². The van der Waals surface area contributed by atoms with Crippen LogP contribution in [0.15, 0.2) is 30.3 Å². The zero-order chi connectivity index (χ0) is 39.6. The van der Waals surface area contributed by atoms with Crippen LogP contribution in [0.1, 0.15) is 116 Å². The van der Waals surface area contributed by atoms with Gasteiger partial charge in [-0.05, 0) is 55.9 Å². The molecule has 54 heavy (non-hydrogen) atoms. The van der Waals surface area contributed by atoms with Crippen molar-refractivity contribution < 1.29 is 33.6 Å². The second kappa shape index (κ2) is 18.7. The molecule has 2 saturated carbocycles. The molecule has 3 fully saturated rings. The number of hydrogen-bond acceptors (Lipinski definition) is 7. The van der Waals surface area contributed by atoms with E-state index in [1.165, 1.54) is 9.80 Å². The lowest BCUT2D eigenvalue weighted by Crippen LogP contribution is -2.61. The first-order valence-corrected chi connectivity index (χ1v) is 19.6. The number of amides is 7. The molecule has 0 spiro atoms. The number of carbonyl (C=O) groups is 7. The molecule has 7 amide bonds. The van der Waals surface area contributed by atoms with E-state index in [0.29, 0.717) is 24.9 Å². The van der Waals surface area contributed by atoms with Crippen molar-refractivity contribution in [2.45, 2.75) is 134 Å². The van der Waals surface area contributed by atoms with E-state index >= 15 is 0 Å². The summed E-state index contributed by atoms with van der Waals surface area (Å²) in [6.07, 6.45) is 8.74. The standard InChI is InChI=1S/C40H61N7O7/c1-39(2,3)33(44-38(54)45-40(4)21-11-8-12-22-40)37(53)47-24-14-19-29(47)34(50)42-28(25-26-15-13-16-26)32(49)35(51)41-23-20-30(48)43-31(36(52)46(5)6)27-17-9-7-10-18-27/h7,9-10,17-18,26,28-29,31,33H,8,11-16,19-25H2,1-6H3,(H,41,51)(H,42,50)(H,43,48)(H2,44,45,54). The summed E-state index contributed by atoms with van der Waals surface area (Å²) in [6.45, 7) is 7.78. The summed E-state index contributed by atoms with van der Waals surface area (Å²) in [6, 6.07) is 4.61. The first-order chi connectivity index (χ1) is 25.5. The Balaban J connectivity index is 1.36. The quantitative estimate of drug-likeness (QED) is 0.171. The maximum atomic E-state index is 14.1. The number of likely N-dealkylation sites (N-methyl/N-ethyl adjacent to an activating group) is 1. The second-order valence-electron chi connectivity index (χ2n) is 16.8. The van der Waals surface area contributed by atoms with Crippen molar-refractivity contribution in [3.63, 3.8) is 0 Å². The van der Waals surface area contributed by atoms with Gasteiger partial charge >= 0.3 is 6.03 Å². The summed E-state index contributed by atoms with van der Waals surface area (Å²) in [5.41, 5.74) is -0.392. The number of rotatable bonds is 15. The summed E-state index contributed by atoms with van der Waals surface area (Å²) in [7, 11) is 3.19. The van der Waals surface area contributed by atoms with Gasteiger partial charge in [0, 0.05) is 39.1 Å². The number of hydrogen-bond donors (Lipinski definition) is 5. The minimum absolute atomic E-state index is 0.156. The van der Waals surface area contributed by atoms with Gasteiger partial charge in [-0.3, -0.25) is 28.8 Å². The van der Waals surface area contributed by atoms with Gasteiger partial charge in [-0.25, -0.2) is 4.79 Å². The third-order valence-corrected chi connectivity index (χ3v) is 11.0. The average molecular weight is 752 g/mol. The molecule has 0 bridgehead atoms. The Morgan fingerprint density at radius 1 is 0.870 bits per heavy atom. The van der Waals surface area contributed by atoms with Gasteiger partial charge in [0.25, 0.3) is 5.91 Å². The fourth-order valence-corrected chi connectivity index (χ4v) is 7.54. The Morgan fingerprint density at radius 3 is 2.13 bits per heavy atom. The van der Waals surface area contributed by atoms with E-state index in [1.807, 2.05) is 27.7 Å². The first kappa shape index (κ1) is 42.3. The molecule has 3 aliphatic rings. The number of Topliss-reactive ketones (excluding diaryl/α,β-unsaturated/α-hetero) is 1. The van der Waals surface area contributed by atoms with E-state index in [4.69, 9.17) is 0 Å². The lowest BCUT2D eigenvalue weighted by molar-refractivity contribution is -0.144. The predicted octanol–water partition coefficient (Wildman–Crippen LogP) is 3.11. The van der Waals surface area contributed by atoms with E-state index in [0.717, 1.165) is 51.4 Å². The highest BCUT2D eigenvalue weighted by Gasteiger charge is 2.44. The van der Waals surface area contributed by atoms with Gasteiger partial charge in [0.05, 0.1) is 6.04 Å². The minimum Gasteiger partial charge on any atom is -0.349 e. The Hall–Kier alpha value is -4.49. The largest absolute Gasteiger partial charge is 0.349 e. The molecule has 298 valence electrons. The molecule has 5 N–H and O–H groups in total. The van der Waals surface area contributed by atoms with Crippen LogP contribution in [-0.4, -0.2) is 102 Å². The number of urea groups is 1. The Bertz CT molecular complexity index is 1520. The van der Waals surface area contributed by atoms with Crippen molar-refractivity contribution in [3.8, 4) is 0 Å². The predicted molar refractivity (Wildman–Crippen MR) is 204 cm³/mol. The lowest BCUT2D eigenvalue weighted by atomic mass is 9.80. The molecule has 4 atom stereocenters. The molecule has 1 aliphatic heterocycles. The number of carbonyl (C=O) groups excluding carboxylic acids is 7. The number of likely N-dealkylation sites (tertiary alicyclic amines) is 1. The van der Waals surface area contributed by atoms with Crippen molar-refractivity contribution >= 4 is 41.4 Å². The third-order valence-electron chi connectivity index (χ3n) is 11.0. The van der Waals surface area contributed by atoms with Crippen LogP contribution in [0.5, 0.6) is 0 Å². The fraction of sp³-hybridized carbons (Fsp3) is 0.675. The fourth-order valence-electron chi connectivity index (χ4n) is 7.54. The topological polar surface area (TPSA) is 186 Å². The van der Waals surface area contributed by atoms with Gasteiger partial charge in [0.15, 0.2) is 0 Å². The third kappa shape index (κ3) is 11.5. The number of ketones is 1. The van der Waals surface area contributed by atoms with E-state index in [2.05, 4.69) is 26.6 Å². The Kier molecular flexibility index (Phi) is 14.6. The van der Waals surface area contributed by atoms with Crippen LogP contribution >= 0.6 is 0 Å². The molecule has 4 unspecified atom stereocenters. The van der Waals surface area contributed by atoms with Crippen LogP contribution in [0.3, 0.4) is 0 Å². The van der Waals surface area contributed by atoms with Crippen LogP contribution in [0, 0.1) is 11.3 Å². The van der Waals surface area contributed by atoms with Gasteiger partial charge in [-0.2, -0.15) is 0 Å². The molecule has 0 aromatic heterocycles. The van der Waals surface area contributed by atoms with E-state index in [9.17, 15) is 33.6 Å². The summed E-state index contributed by atoms with van der Waals surface area (Å²) >= 11 is 0. The molecule has 1 aromatic rings. The van der Waals surface area contributed by atoms with Gasteiger partial charge in [-0.1, -0.05) is 89.6 Å². The van der Waals surface area contributed by atoms with E-state index in [-0.39, 0.29) is 42.7 Å². The van der Waals surface area contributed by atoms with Crippen molar-refractivity contribution in [1.82, 2.24) is 36.4 Å². The maximum absolute atomic E-state index is 14.1. The highest BCUT2D eigenvalue weighted by Crippen LogP contribution is 2.32. The second-order valence-corrected chi connectivity index (χ2v) is 16.8. The summed E-state index contributed by atoms with van der Waals surface area (Å²) < 4.78 is 0. The highest BCUT2D eigenvalue weighted by molar-refractivity contribution is 6.38. The molecule has 1 saturated heterocycles. The Labute approximate surface area is 319 Å². The number of nitrogens with one attached hydrogen (secondary N) is 5. The maximum Gasteiger partial charge on any atom is 0.315 e. The monoisotopic (exact) mass is 751 g/mol. The SMILES string of the molecule is CN(C)C(=O)C(NC(=O)CCNC(=O)C(=O)C(CC1CCC1)NC(=O)C1CCCN1C(=O)C(NC(=O)NC1(C)CCCCC1)C(C)(C)C)c1ccccc1. The van der Waals surface area contributed by atoms with Crippen LogP contribution in [0.4, 0.5) is 4.79 Å². The number of benzene rings is 1. The summed E-state index contributed by atoms with van der Waals surface area (Å²) in [4.78, 5) is 96.3. The average Bonchev–Trinajstić information content (AvgIpc) is 3.60. The highest BCUT2D eigenvalue weighted by atomic mass is 16.2. The zero-order valence-corrected chi connectivity index (χ0v) is 32.9. The molecule has 1 heterocycles. The van der Waals surface area contributed by atoms with Crippen LogP contribution in [0.25, 0.3) is 0 Å².